The van der Waals surface area contributed by atoms with Crippen molar-refractivity contribution >= 4 is 6.03 Å². The van der Waals surface area contributed by atoms with Crippen LogP contribution in [0.15, 0.2) is 0 Å². The molecule has 1 aliphatic rings. The van der Waals surface area contributed by atoms with Crippen molar-refractivity contribution in [1.29, 1.82) is 0 Å². The van der Waals surface area contributed by atoms with Gasteiger partial charge in [-0.05, 0) is 31.6 Å². The summed E-state index contributed by atoms with van der Waals surface area (Å²) in [6.07, 6.45) is 4.03. The van der Waals surface area contributed by atoms with Crippen LogP contribution in [0.2, 0.25) is 0 Å². The lowest BCUT2D eigenvalue weighted by atomic mass is 9.94. The minimum absolute atomic E-state index is 0.243. The Balaban J connectivity index is 2.29. The van der Waals surface area contributed by atoms with Gasteiger partial charge in [0.2, 0.25) is 0 Å². The van der Waals surface area contributed by atoms with Gasteiger partial charge in [0, 0.05) is 19.7 Å². The van der Waals surface area contributed by atoms with Crippen molar-refractivity contribution in [2.24, 2.45) is 11.7 Å². The molecule has 0 aromatic rings. The molecule has 13 heavy (non-hydrogen) atoms. The number of carbonyl (C=O) groups is 1. The molecular formula is C9H18N2O2. The molecular weight excluding hydrogens is 168 g/mol. The van der Waals surface area contributed by atoms with Crippen LogP contribution in [0, 0.1) is 5.92 Å². The Hall–Kier alpha value is -0.770. The van der Waals surface area contributed by atoms with E-state index in [1.165, 1.54) is 0 Å². The lowest BCUT2D eigenvalue weighted by Crippen LogP contribution is -2.42. The Bertz CT molecular complexity index is 173. The number of hydrogen-bond acceptors (Lipinski definition) is 2. The Labute approximate surface area is 78.7 Å². The van der Waals surface area contributed by atoms with E-state index in [0.717, 1.165) is 38.8 Å². The molecule has 1 unspecified atom stereocenters. The molecule has 3 N–H and O–H groups in total. The van der Waals surface area contributed by atoms with Crippen LogP contribution in [0.1, 0.15) is 25.7 Å². The number of aliphatic hydroxyl groups is 1. The van der Waals surface area contributed by atoms with Crippen LogP contribution in [0.5, 0.6) is 0 Å². The van der Waals surface area contributed by atoms with Gasteiger partial charge in [0.15, 0.2) is 0 Å². The number of primary amides is 1. The molecule has 0 bridgehead atoms. The number of nitrogens with zero attached hydrogens (tertiary/aromatic N) is 1. The maximum atomic E-state index is 10.9. The van der Waals surface area contributed by atoms with Gasteiger partial charge in [-0.3, -0.25) is 0 Å². The van der Waals surface area contributed by atoms with E-state index in [-0.39, 0.29) is 12.6 Å². The SMILES string of the molecule is NC(=O)N1CCCC(CCCO)C1. The monoisotopic (exact) mass is 186 g/mol. The second-order valence-corrected chi connectivity index (χ2v) is 3.66. The van der Waals surface area contributed by atoms with Gasteiger partial charge in [-0.1, -0.05) is 0 Å². The highest BCUT2D eigenvalue weighted by atomic mass is 16.2. The normalized spacial score (nSPS) is 23.2. The van der Waals surface area contributed by atoms with E-state index in [9.17, 15) is 4.79 Å². The smallest absolute Gasteiger partial charge is 0.314 e. The Morgan fingerprint density at radius 1 is 1.62 bits per heavy atom. The summed E-state index contributed by atoms with van der Waals surface area (Å²) in [7, 11) is 0. The quantitative estimate of drug-likeness (QED) is 0.676. The molecule has 2 amide bonds. The molecule has 1 heterocycles. The summed E-state index contributed by atoms with van der Waals surface area (Å²) in [4.78, 5) is 12.6. The standard InChI is InChI=1S/C9H18N2O2/c10-9(13)11-5-1-3-8(7-11)4-2-6-12/h8,12H,1-7H2,(H2,10,13). The van der Waals surface area contributed by atoms with E-state index >= 15 is 0 Å². The van der Waals surface area contributed by atoms with Crippen molar-refractivity contribution in [3.8, 4) is 0 Å². The Morgan fingerprint density at radius 3 is 3.00 bits per heavy atom. The van der Waals surface area contributed by atoms with Crippen LogP contribution in [0.4, 0.5) is 4.79 Å². The number of carbonyl (C=O) groups excluding carboxylic acids is 1. The molecule has 76 valence electrons. The number of rotatable bonds is 3. The zero-order valence-corrected chi connectivity index (χ0v) is 7.91. The largest absolute Gasteiger partial charge is 0.396 e. The lowest BCUT2D eigenvalue weighted by molar-refractivity contribution is 0.165. The van der Waals surface area contributed by atoms with Crippen LogP contribution < -0.4 is 5.73 Å². The summed E-state index contributed by atoms with van der Waals surface area (Å²) in [5.74, 6) is 0.536. The average Bonchev–Trinajstić information content (AvgIpc) is 2.15. The van der Waals surface area contributed by atoms with Crippen molar-refractivity contribution in [2.75, 3.05) is 19.7 Å². The average molecular weight is 186 g/mol. The minimum Gasteiger partial charge on any atom is -0.396 e. The van der Waals surface area contributed by atoms with Crippen LogP contribution in [0.3, 0.4) is 0 Å². The second-order valence-electron chi connectivity index (χ2n) is 3.66. The first-order valence-electron chi connectivity index (χ1n) is 4.89. The Kier molecular flexibility index (Phi) is 4.02. The first-order chi connectivity index (χ1) is 6.24. The molecule has 1 atom stereocenters. The number of amides is 2. The van der Waals surface area contributed by atoms with Gasteiger partial charge < -0.3 is 15.7 Å². The maximum Gasteiger partial charge on any atom is 0.314 e. The number of hydrogen-bond donors (Lipinski definition) is 2. The fourth-order valence-corrected chi connectivity index (χ4v) is 1.88. The number of piperidine rings is 1. The van der Waals surface area contributed by atoms with Gasteiger partial charge in [-0.2, -0.15) is 0 Å². The molecule has 1 saturated heterocycles. The summed E-state index contributed by atoms with van der Waals surface area (Å²) in [5.41, 5.74) is 5.20. The molecule has 4 heteroatoms. The molecule has 4 nitrogen and oxygen atoms in total. The third-order valence-electron chi connectivity index (χ3n) is 2.60. The zero-order chi connectivity index (χ0) is 9.68. The third-order valence-corrected chi connectivity index (χ3v) is 2.60. The number of aliphatic hydroxyl groups excluding tert-OH is 1. The second kappa shape index (κ2) is 5.07. The molecule has 1 aliphatic heterocycles. The van der Waals surface area contributed by atoms with Crippen LogP contribution in [-0.4, -0.2) is 35.7 Å². The zero-order valence-electron chi connectivity index (χ0n) is 7.91. The first-order valence-corrected chi connectivity index (χ1v) is 4.89. The van der Waals surface area contributed by atoms with E-state index in [1.807, 2.05) is 0 Å². The van der Waals surface area contributed by atoms with Gasteiger partial charge in [-0.25, -0.2) is 4.79 Å². The fourth-order valence-electron chi connectivity index (χ4n) is 1.88. The lowest BCUT2D eigenvalue weighted by Gasteiger charge is -2.31. The van der Waals surface area contributed by atoms with Gasteiger partial charge in [0.05, 0.1) is 0 Å². The topological polar surface area (TPSA) is 66.6 Å². The molecule has 0 aromatic heterocycles. The highest BCUT2D eigenvalue weighted by Gasteiger charge is 2.21. The highest BCUT2D eigenvalue weighted by Crippen LogP contribution is 2.20. The first kappa shape index (κ1) is 10.3. The van der Waals surface area contributed by atoms with E-state index in [4.69, 9.17) is 10.8 Å². The van der Waals surface area contributed by atoms with Crippen LogP contribution in [-0.2, 0) is 0 Å². The van der Waals surface area contributed by atoms with Crippen LogP contribution in [0.25, 0.3) is 0 Å². The fraction of sp³-hybridized carbons (Fsp3) is 0.889. The summed E-state index contributed by atoms with van der Waals surface area (Å²) in [6, 6.07) is -0.311. The van der Waals surface area contributed by atoms with E-state index < -0.39 is 0 Å². The summed E-state index contributed by atoms with van der Waals surface area (Å²) < 4.78 is 0. The summed E-state index contributed by atoms with van der Waals surface area (Å²) >= 11 is 0. The van der Waals surface area contributed by atoms with Gasteiger partial charge in [-0.15, -0.1) is 0 Å². The molecule has 1 fully saturated rings. The molecule has 0 spiro atoms. The highest BCUT2D eigenvalue weighted by molar-refractivity contribution is 5.72. The number of likely N-dealkylation sites (tertiary alicyclic amines) is 1. The van der Waals surface area contributed by atoms with Crippen molar-refractivity contribution in [1.82, 2.24) is 4.90 Å². The summed E-state index contributed by atoms with van der Waals surface area (Å²) in [6.45, 7) is 1.81. The Morgan fingerprint density at radius 2 is 2.38 bits per heavy atom. The van der Waals surface area contributed by atoms with E-state index in [1.54, 1.807) is 4.90 Å². The minimum atomic E-state index is -0.311. The molecule has 0 saturated carbocycles. The van der Waals surface area contributed by atoms with Gasteiger partial charge in [0.1, 0.15) is 0 Å². The predicted octanol–water partition coefficient (Wildman–Crippen LogP) is 0.550. The summed E-state index contributed by atoms with van der Waals surface area (Å²) in [5, 5.41) is 8.67. The molecule has 0 radical (unpaired) electrons. The van der Waals surface area contributed by atoms with Crippen molar-refractivity contribution in [2.45, 2.75) is 25.7 Å². The maximum absolute atomic E-state index is 10.9. The van der Waals surface area contributed by atoms with Gasteiger partial charge >= 0.3 is 6.03 Å². The molecule has 0 aromatic carbocycles. The van der Waals surface area contributed by atoms with E-state index in [2.05, 4.69) is 0 Å². The van der Waals surface area contributed by atoms with Crippen molar-refractivity contribution < 1.29 is 9.90 Å². The number of nitrogens with two attached hydrogens (primary N) is 1. The van der Waals surface area contributed by atoms with Crippen molar-refractivity contribution in [3.63, 3.8) is 0 Å². The van der Waals surface area contributed by atoms with Crippen molar-refractivity contribution in [3.05, 3.63) is 0 Å². The predicted molar refractivity (Wildman–Crippen MR) is 50.2 cm³/mol. The number of urea groups is 1. The van der Waals surface area contributed by atoms with E-state index in [0.29, 0.717) is 5.92 Å². The van der Waals surface area contributed by atoms with Gasteiger partial charge in [0.25, 0.3) is 0 Å². The third kappa shape index (κ3) is 3.22. The molecule has 0 aliphatic carbocycles. The van der Waals surface area contributed by atoms with Crippen LogP contribution >= 0.6 is 0 Å². The molecule has 1 rings (SSSR count).